The maximum absolute atomic E-state index is 14.4. The Morgan fingerprint density at radius 2 is 2.05 bits per heavy atom. The van der Waals surface area contributed by atoms with Crippen LogP contribution in [0.15, 0.2) is 6.33 Å². The number of halogens is 1. The summed E-state index contributed by atoms with van der Waals surface area (Å²) in [5.41, 5.74) is 0. The molecule has 1 aromatic rings. The van der Waals surface area contributed by atoms with Crippen molar-refractivity contribution in [2.24, 2.45) is 11.8 Å². The Labute approximate surface area is 119 Å². The van der Waals surface area contributed by atoms with Crippen molar-refractivity contribution in [3.05, 3.63) is 12.1 Å². The summed E-state index contributed by atoms with van der Waals surface area (Å²) in [6.07, 6.45) is 2.51. The van der Waals surface area contributed by atoms with Crippen LogP contribution < -0.4 is 9.64 Å². The Hall–Kier alpha value is -1.83. The maximum atomic E-state index is 14.4. The van der Waals surface area contributed by atoms with Gasteiger partial charge in [-0.2, -0.15) is 9.37 Å². The van der Waals surface area contributed by atoms with Gasteiger partial charge in [0.15, 0.2) is 12.4 Å². The van der Waals surface area contributed by atoms with Crippen LogP contribution in [0.2, 0.25) is 0 Å². The van der Waals surface area contributed by atoms with Crippen LogP contribution in [0.25, 0.3) is 0 Å². The molecule has 2 rings (SSSR count). The summed E-state index contributed by atoms with van der Waals surface area (Å²) in [5, 5.41) is 0. The number of anilines is 1. The molecule has 1 aromatic heterocycles. The van der Waals surface area contributed by atoms with Gasteiger partial charge in [0.2, 0.25) is 5.82 Å². The van der Waals surface area contributed by atoms with Crippen molar-refractivity contribution in [3.63, 3.8) is 0 Å². The third kappa shape index (κ3) is 3.38. The zero-order chi connectivity index (χ0) is 14.5. The van der Waals surface area contributed by atoms with E-state index in [1.807, 2.05) is 4.90 Å². The first-order valence-electron chi connectivity index (χ1n) is 6.89. The molecule has 0 amide bonds. The number of hydrogen-bond acceptors (Lipinski definition) is 4. The normalized spacial score (nSPS) is 22.1. The van der Waals surface area contributed by atoms with Crippen molar-refractivity contribution in [3.8, 4) is 17.7 Å². The van der Waals surface area contributed by atoms with E-state index in [1.54, 1.807) is 6.92 Å². The molecule has 0 aliphatic carbocycles. The van der Waals surface area contributed by atoms with E-state index in [4.69, 9.17) is 4.74 Å². The van der Waals surface area contributed by atoms with Crippen molar-refractivity contribution in [2.45, 2.75) is 27.2 Å². The Balaban J connectivity index is 2.18. The van der Waals surface area contributed by atoms with Crippen LogP contribution in [-0.2, 0) is 0 Å². The number of nitrogens with zero attached hydrogens (tertiary/aromatic N) is 3. The molecular formula is C15H20FN3O. The van der Waals surface area contributed by atoms with Gasteiger partial charge in [0, 0.05) is 13.1 Å². The molecule has 0 saturated carbocycles. The largest absolute Gasteiger partial charge is 0.462 e. The van der Waals surface area contributed by atoms with Gasteiger partial charge < -0.3 is 9.64 Å². The molecule has 5 heteroatoms. The van der Waals surface area contributed by atoms with Crippen LogP contribution in [0.3, 0.4) is 0 Å². The second kappa shape index (κ2) is 6.56. The minimum atomic E-state index is -0.494. The van der Waals surface area contributed by atoms with E-state index >= 15 is 0 Å². The zero-order valence-electron chi connectivity index (χ0n) is 12.2. The van der Waals surface area contributed by atoms with Gasteiger partial charge in [0.1, 0.15) is 6.33 Å². The second-order valence-electron chi connectivity index (χ2n) is 5.38. The number of aromatic nitrogens is 2. The molecule has 1 fully saturated rings. The lowest BCUT2D eigenvalue weighted by Crippen LogP contribution is -2.39. The quantitative estimate of drug-likeness (QED) is 0.796. The Morgan fingerprint density at radius 1 is 1.35 bits per heavy atom. The SMILES string of the molecule is CC#CCOc1ncnc(N2C[C@@H](C)C[C@H](C)C2)c1F. The van der Waals surface area contributed by atoms with E-state index in [9.17, 15) is 4.39 Å². The minimum Gasteiger partial charge on any atom is -0.462 e. The van der Waals surface area contributed by atoms with Crippen LogP contribution in [0.4, 0.5) is 10.2 Å². The molecule has 0 spiro atoms. The minimum absolute atomic E-state index is 0.0244. The first-order chi connectivity index (χ1) is 9.61. The van der Waals surface area contributed by atoms with Crippen LogP contribution in [0.5, 0.6) is 5.88 Å². The average molecular weight is 277 g/mol. The van der Waals surface area contributed by atoms with E-state index in [1.165, 1.54) is 12.7 Å². The lowest BCUT2D eigenvalue weighted by molar-refractivity contribution is 0.325. The lowest BCUT2D eigenvalue weighted by atomic mass is 9.92. The predicted octanol–water partition coefficient (Wildman–Crippen LogP) is 2.50. The Kier molecular flexibility index (Phi) is 4.78. The molecule has 0 aromatic carbocycles. The van der Waals surface area contributed by atoms with E-state index < -0.39 is 5.82 Å². The maximum Gasteiger partial charge on any atom is 0.256 e. The van der Waals surface area contributed by atoms with Crippen LogP contribution in [-0.4, -0.2) is 29.7 Å². The third-order valence-corrected chi connectivity index (χ3v) is 3.37. The highest BCUT2D eigenvalue weighted by Gasteiger charge is 2.26. The van der Waals surface area contributed by atoms with Gasteiger partial charge in [-0.25, -0.2) is 4.98 Å². The molecule has 2 heterocycles. The number of rotatable bonds is 3. The molecule has 1 saturated heterocycles. The number of piperidine rings is 1. The molecule has 0 bridgehead atoms. The molecule has 0 radical (unpaired) electrons. The smallest absolute Gasteiger partial charge is 0.256 e. The summed E-state index contributed by atoms with van der Waals surface area (Å²) in [4.78, 5) is 9.90. The van der Waals surface area contributed by atoms with Crippen LogP contribution >= 0.6 is 0 Å². The van der Waals surface area contributed by atoms with Crippen molar-refractivity contribution >= 4 is 5.82 Å². The fraction of sp³-hybridized carbons (Fsp3) is 0.600. The van der Waals surface area contributed by atoms with Gasteiger partial charge in [0.25, 0.3) is 5.88 Å². The fourth-order valence-electron chi connectivity index (χ4n) is 2.68. The van der Waals surface area contributed by atoms with Gasteiger partial charge in [0.05, 0.1) is 0 Å². The summed E-state index contributed by atoms with van der Waals surface area (Å²) in [6.45, 7) is 7.82. The lowest BCUT2D eigenvalue weighted by Gasteiger charge is -2.35. The summed E-state index contributed by atoms with van der Waals surface area (Å²) >= 11 is 0. The fourth-order valence-corrected chi connectivity index (χ4v) is 2.68. The highest BCUT2D eigenvalue weighted by atomic mass is 19.1. The van der Waals surface area contributed by atoms with Gasteiger partial charge in [-0.1, -0.05) is 19.8 Å². The van der Waals surface area contributed by atoms with E-state index in [-0.39, 0.29) is 12.5 Å². The number of ether oxygens (including phenoxy) is 1. The monoisotopic (exact) mass is 277 g/mol. The predicted molar refractivity (Wildman–Crippen MR) is 76.1 cm³/mol. The molecule has 1 aliphatic rings. The molecule has 1 aliphatic heterocycles. The molecule has 108 valence electrons. The molecule has 0 N–H and O–H groups in total. The number of hydrogen-bond donors (Lipinski definition) is 0. The topological polar surface area (TPSA) is 38.3 Å². The van der Waals surface area contributed by atoms with E-state index in [0.29, 0.717) is 17.7 Å². The highest BCUT2D eigenvalue weighted by molar-refractivity contribution is 5.43. The van der Waals surface area contributed by atoms with Crippen molar-refractivity contribution in [2.75, 3.05) is 24.6 Å². The average Bonchev–Trinajstić information content (AvgIpc) is 2.40. The standard InChI is InChI=1S/C15H20FN3O/c1-4-5-6-20-15-13(16)14(17-10-18-15)19-8-11(2)7-12(3)9-19/h10-12H,6-9H2,1-3H3/t11-,12-/m0/s1. The molecule has 4 nitrogen and oxygen atoms in total. The first kappa shape index (κ1) is 14.6. The summed E-state index contributed by atoms with van der Waals surface area (Å²) in [5.74, 6) is 6.29. The third-order valence-electron chi connectivity index (χ3n) is 3.37. The second-order valence-corrected chi connectivity index (χ2v) is 5.38. The Morgan fingerprint density at radius 3 is 2.70 bits per heavy atom. The molecule has 2 atom stereocenters. The summed E-state index contributed by atoms with van der Waals surface area (Å²) < 4.78 is 19.6. The van der Waals surface area contributed by atoms with Gasteiger partial charge >= 0.3 is 0 Å². The van der Waals surface area contributed by atoms with Crippen LogP contribution in [0.1, 0.15) is 27.2 Å². The van der Waals surface area contributed by atoms with E-state index in [0.717, 1.165) is 13.1 Å². The van der Waals surface area contributed by atoms with Crippen molar-refractivity contribution in [1.29, 1.82) is 0 Å². The molecular weight excluding hydrogens is 257 g/mol. The Bertz CT molecular complexity index is 514. The van der Waals surface area contributed by atoms with Crippen molar-refractivity contribution in [1.82, 2.24) is 9.97 Å². The zero-order valence-corrected chi connectivity index (χ0v) is 12.2. The van der Waals surface area contributed by atoms with Gasteiger partial charge in [-0.15, -0.1) is 5.92 Å². The first-order valence-corrected chi connectivity index (χ1v) is 6.89. The summed E-state index contributed by atoms with van der Waals surface area (Å²) in [6, 6.07) is 0. The highest BCUT2D eigenvalue weighted by Crippen LogP contribution is 2.29. The van der Waals surface area contributed by atoms with Crippen molar-refractivity contribution < 1.29 is 9.13 Å². The molecule has 20 heavy (non-hydrogen) atoms. The van der Waals surface area contributed by atoms with E-state index in [2.05, 4.69) is 35.7 Å². The molecule has 0 unspecified atom stereocenters. The van der Waals surface area contributed by atoms with Gasteiger partial charge in [-0.05, 0) is 25.2 Å². The summed E-state index contributed by atoms with van der Waals surface area (Å²) in [7, 11) is 0. The van der Waals surface area contributed by atoms with Crippen LogP contribution in [0, 0.1) is 29.5 Å². The van der Waals surface area contributed by atoms with Gasteiger partial charge in [-0.3, -0.25) is 0 Å².